The van der Waals surface area contributed by atoms with Crippen molar-refractivity contribution in [2.24, 2.45) is 0 Å². The minimum atomic E-state index is -5.25. The van der Waals surface area contributed by atoms with Gasteiger partial charge in [0.15, 0.2) is 0 Å². The summed E-state index contributed by atoms with van der Waals surface area (Å²) in [5.41, 5.74) is -10.1. The zero-order valence-electron chi connectivity index (χ0n) is 46.9. The molecule has 0 saturated heterocycles. The summed E-state index contributed by atoms with van der Waals surface area (Å²) in [6.07, 6.45) is -4.42. The highest BCUT2D eigenvalue weighted by Crippen LogP contribution is 2.54. The molecule has 1 aliphatic carbocycles. The Morgan fingerprint density at radius 3 is 0.784 bits per heavy atom. The zero-order chi connectivity index (χ0) is 66.6. The highest BCUT2D eigenvalue weighted by Gasteiger charge is 2.37. The molecular weight excluding hydrogens is 1260 g/mol. The third-order valence-electron chi connectivity index (χ3n) is 15.1. The number of benzene rings is 4. The Hall–Kier alpha value is -7.36. The lowest BCUT2D eigenvalue weighted by molar-refractivity contribution is -0.284. The topological polar surface area (TPSA) is 588 Å². The second-order valence-electron chi connectivity index (χ2n) is 21.1. The minimum Gasteiger partial charge on any atom is -0.872 e. The molecule has 16 N–H and O–H groups in total. The lowest BCUT2D eigenvalue weighted by Crippen LogP contribution is -2.34. The van der Waals surface area contributed by atoms with E-state index < -0.39 is 300 Å². The maximum Gasteiger partial charge on any atom is 0.320 e. The lowest BCUT2D eigenvalue weighted by atomic mass is 9.75. The molecule has 488 valence electrons. The van der Waals surface area contributed by atoms with Gasteiger partial charge in [-0.05, 0) is 87.3 Å². The summed E-state index contributed by atoms with van der Waals surface area (Å²) in [6, 6.07) is -3.60. The minimum absolute atomic E-state index is 0.639. The van der Waals surface area contributed by atoms with Crippen LogP contribution in [0, 0.1) is 0 Å². The van der Waals surface area contributed by atoms with Crippen molar-refractivity contribution in [3.8, 4) is 46.0 Å². The van der Waals surface area contributed by atoms with Gasteiger partial charge in [-0.3, -0.25) is 37.4 Å². The van der Waals surface area contributed by atoms with E-state index in [1.807, 2.05) is 0 Å². The Labute approximate surface area is 503 Å². The Kier molecular flexibility index (Phi) is 22.7. The van der Waals surface area contributed by atoms with Gasteiger partial charge < -0.3 is 82.5 Å². The van der Waals surface area contributed by atoms with Gasteiger partial charge in [0.05, 0.1) is 28.6 Å². The number of carboxylic acids is 4. The molecule has 0 spiro atoms. The van der Waals surface area contributed by atoms with Crippen LogP contribution in [0.4, 0.5) is 0 Å². The summed E-state index contributed by atoms with van der Waals surface area (Å²) in [4.78, 5) is 48.5. The number of hydrogen-bond acceptors (Lipinski definition) is 24. The molecule has 0 aromatic heterocycles. The van der Waals surface area contributed by atoms with Crippen molar-refractivity contribution in [1.82, 2.24) is 21.3 Å². The molecule has 88 heavy (non-hydrogen) atoms. The van der Waals surface area contributed by atoms with Crippen LogP contribution in [0.3, 0.4) is 0 Å². The van der Waals surface area contributed by atoms with Gasteiger partial charge in [-0.15, -0.1) is 11.5 Å². The van der Waals surface area contributed by atoms with Gasteiger partial charge in [0.2, 0.25) is 0 Å². The second kappa shape index (κ2) is 28.0. The first kappa shape index (κ1) is 71.4. The smallest absolute Gasteiger partial charge is 0.320 e. The van der Waals surface area contributed by atoms with E-state index in [1.165, 1.54) is 0 Å². The lowest BCUT2D eigenvalue weighted by Gasteiger charge is -2.38. The summed E-state index contributed by atoms with van der Waals surface area (Å²) in [6.45, 7) is 0.177. The summed E-state index contributed by atoms with van der Waals surface area (Å²) < 4.78 is 144. The molecule has 4 aromatic rings. The SMILES string of the molecule is CC(NCc1c([O-])c2cc(c1[O-])C(CCS(=O)(=O)O)c1cc(c(O)c(CNC(C)C(=O)O)c1[O-])C(CCS(=O)(=O)O)c1cc(c(O)c(CNC(C)C(=O)O)c1O)C(CCS(=O)(=O)O)c1cc(c([O-])c(CNC(C)C(=O)O)c1O)C2CCS(=O)(=O)O)C(=O)O. The number of carboxylic acid groups (broad SMARTS) is 4. The Morgan fingerprint density at radius 1 is 0.364 bits per heavy atom. The highest BCUT2D eigenvalue weighted by atomic mass is 32.2. The molecule has 0 aliphatic heterocycles. The number of nitrogens with one attached hydrogen (secondary N) is 4. The van der Waals surface area contributed by atoms with Crippen molar-refractivity contribution in [3.63, 3.8) is 0 Å². The molecule has 8 atom stereocenters. The Bertz CT molecular complexity index is 3240. The van der Waals surface area contributed by atoms with Gasteiger partial charge in [-0.2, -0.15) is 33.7 Å². The number of phenolic OH excluding ortho intramolecular Hbond substituents is 4. The summed E-state index contributed by atoms with van der Waals surface area (Å²) in [5.74, 6) is -31.0. The molecule has 1 aliphatic rings. The van der Waals surface area contributed by atoms with E-state index >= 15 is 20.4 Å². The molecule has 8 unspecified atom stereocenters. The number of fused-ring (bicyclic) bond motifs is 8. The van der Waals surface area contributed by atoms with E-state index in [-0.39, 0.29) is 0 Å². The molecule has 0 amide bonds. The van der Waals surface area contributed by atoms with Crippen LogP contribution < -0.4 is 41.7 Å². The average Bonchev–Trinajstić information content (AvgIpc) is 0.814. The number of phenols is 4. The van der Waals surface area contributed by atoms with Crippen LogP contribution in [-0.2, 0) is 85.8 Å². The van der Waals surface area contributed by atoms with Crippen molar-refractivity contribution in [1.29, 1.82) is 0 Å². The van der Waals surface area contributed by atoms with Crippen LogP contribution >= 0.6 is 0 Å². The van der Waals surface area contributed by atoms with E-state index in [0.29, 0.717) is 18.2 Å². The molecule has 0 radical (unpaired) electrons. The first-order chi connectivity index (χ1) is 40.5. The standard InChI is InChI=1S/C52H68N4O28S4/c1-21(49(65)66)53-17-37-41(57)29-13-30(42(37)58)26(6-10-86(76,77)78)32-15-34(46(62)39(44(32)60)19-55-23(3)51(69)70)28(8-12-88(82,83)84)36-16-35(47(63)40(48(36)64)20-56-24(4)52(71)72)27(7-11-87(79,80)81)33-14-31(25(29)5-9-85(73,74)75)43(59)38(45(33)61)18-54-22(2)50(67)68/h13-16,21-28,53-64H,5-12,17-20H2,1-4H3,(H,65,66)(H,67,68)(H,69,70)(H,71,72)(H,73,74,75)(H,76,77,78)(H,79,80,81)(H,82,83,84)/p-4. The Balaban J connectivity index is 2.29. The van der Waals surface area contributed by atoms with Gasteiger partial charge in [0.1, 0.15) is 47.2 Å². The van der Waals surface area contributed by atoms with Gasteiger partial charge in [0, 0.05) is 83.2 Å². The maximum absolute atomic E-state index is 15.3. The molecule has 32 nitrogen and oxygen atoms in total. The fourth-order valence-electron chi connectivity index (χ4n) is 10.1. The van der Waals surface area contributed by atoms with E-state index in [0.717, 1.165) is 33.8 Å². The molecular formula is C52H64N4O28S4-4. The fourth-order valence-corrected chi connectivity index (χ4v) is 12.3. The van der Waals surface area contributed by atoms with Gasteiger partial charge in [-0.25, -0.2) is 0 Å². The van der Waals surface area contributed by atoms with Gasteiger partial charge >= 0.3 is 23.9 Å². The van der Waals surface area contributed by atoms with Crippen molar-refractivity contribution in [2.45, 2.75) is 127 Å². The summed E-state index contributed by atoms with van der Waals surface area (Å²) in [5, 5.41) is 160. The van der Waals surface area contributed by atoms with Crippen molar-refractivity contribution in [3.05, 3.63) is 91.0 Å². The fraction of sp³-hybridized carbons (Fsp3) is 0.462. The third kappa shape index (κ3) is 17.5. The predicted molar refractivity (Wildman–Crippen MR) is 297 cm³/mol. The molecule has 8 bridgehead atoms. The van der Waals surface area contributed by atoms with Crippen LogP contribution in [0.25, 0.3) is 0 Å². The number of aliphatic carboxylic acids is 4. The normalized spacial score (nSPS) is 17.8. The molecule has 0 heterocycles. The zero-order valence-corrected chi connectivity index (χ0v) is 50.2. The van der Waals surface area contributed by atoms with Crippen molar-refractivity contribution >= 4 is 64.3 Å². The van der Waals surface area contributed by atoms with E-state index in [4.69, 9.17) is 0 Å². The summed E-state index contributed by atoms with van der Waals surface area (Å²) in [7, 11) is -20.9. The largest absolute Gasteiger partial charge is 0.872 e. The quantitative estimate of drug-likeness (QED) is 0.0304. The van der Waals surface area contributed by atoms with Crippen LogP contribution in [-0.4, -0.2) is 164 Å². The van der Waals surface area contributed by atoms with Crippen LogP contribution in [0.5, 0.6) is 46.0 Å². The first-order valence-electron chi connectivity index (χ1n) is 26.3. The molecule has 36 heteroatoms. The van der Waals surface area contributed by atoms with E-state index in [9.17, 15) is 112 Å². The highest BCUT2D eigenvalue weighted by molar-refractivity contribution is 7.86. The van der Waals surface area contributed by atoms with Crippen molar-refractivity contribution < 1.29 is 132 Å². The van der Waals surface area contributed by atoms with Crippen LogP contribution in [0.1, 0.15) is 144 Å². The average molecular weight is 1320 g/mol. The van der Waals surface area contributed by atoms with Crippen molar-refractivity contribution in [2.75, 3.05) is 23.0 Å². The van der Waals surface area contributed by atoms with Crippen LogP contribution in [0.15, 0.2) is 24.3 Å². The number of carbonyl (C=O) groups is 4. The molecule has 0 fully saturated rings. The number of rotatable bonds is 28. The van der Waals surface area contributed by atoms with Crippen LogP contribution in [0.2, 0.25) is 0 Å². The molecule has 5 rings (SSSR count). The number of aromatic hydroxyl groups is 4. The van der Waals surface area contributed by atoms with E-state index in [2.05, 4.69) is 21.3 Å². The predicted octanol–water partition coefficient (Wildman–Crippen LogP) is -0.993. The van der Waals surface area contributed by atoms with Gasteiger partial charge in [0.25, 0.3) is 40.5 Å². The van der Waals surface area contributed by atoms with E-state index in [1.54, 1.807) is 0 Å². The first-order valence-corrected chi connectivity index (χ1v) is 32.8. The Morgan fingerprint density at radius 2 is 0.545 bits per heavy atom. The molecule has 4 aromatic carbocycles. The summed E-state index contributed by atoms with van der Waals surface area (Å²) >= 11 is 0. The number of hydrogen-bond donors (Lipinski definition) is 16. The monoisotopic (exact) mass is 1320 g/mol. The second-order valence-corrected chi connectivity index (χ2v) is 27.4. The third-order valence-corrected chi connectivity index (χ3v) is 18.1. The van der Waals surface area contributed by atoms with Gasteiger partial charge in [-0.1, -0.05) is 29.7 Å². The molecule has 0 saturated carbocycles. The maximum atomic E-state index is 15.3.